The summed E-state index contributed by atoms with van der Waals surface area (Å²) in [6, 6.07) is 18.8. The molecule has 0 bridgehead atoms. The Balaban J connectivity index is 1.85. The molecule has 0 radical (unpaired) electrons. The molecule has 28 heavy (non-hydrogen) atoms. The number of benzene rings is 2. The number of nitrogens with zero attached hydrogens (tertiary/aromatic N) is 1. The lowest BCUT2D eigenvalue weighted by Crippen LogP contribution is -2.42. The Morgan fingerprint density at radius 1 is 1.18 bits per heavy atom. The van der Waals surface area contributed by atoms with Gasteiger partial charge in [-0.15, -0.1) is 0 Å². The first kappa shape index (κ1) is 19.8. The second-order valence-electron chi connectivity index (χ2n) is 6.70. The van der Waals surface area contributed by atoms with Gasteiger partial charge in [-0.3, -0.25) is 0 Å². The van der Waals surface area contributed by atoms with E-state index < -0.39 is 18.0 Å². The van der Waals surface area contributed by atoms with E-state index in [0.717, 1.165) is 11.1 Å². The third-order valence-electron chi connectivity index (χ3n) is 4.78. The van der Waals surface area contributed by atoms with Crippen molar-refractivity contribution >= 4 is 17.8 Å². The minimum Gasteiger partial charge on any atom is -0.429 e. The minimum atomic E-state index is -0.816. The fourth-order valence-electron chi connectivity index (χ4n) is 3.41. The molecule has 0 fully saturated rings. The molecule has 1 heterocycles. The molecule has 1 aliphatic heterocycles. The van der Waals surface area contributed by atoms with Gasteiger partial charge in [-0.2, -0.15) is 5.26 Å². The van der Waals surface area contributed by atoms with Crippen LogP contribution in [-0.2, 0) is 16.1 Å². The highest BCUT2D eigenvalue weighted by atomic mass is 35.5. The van der Waals surface area contributed by atoms with Crippen molar-refractivity contribution in [3.05, 3.63) is 82.2 Å². The van der Waals surface area contributed by atoms with Crippen LogP contribution in [0.15, 0.2) is 66.1 Å². The van der Waals surface area contributed by atoms with Gasteiger partial charge in [0.15, 0.2) is 0 Å². The summed E-state index contributed by atoms with van der Waals surface area (Å²) < 4.78 is 10.8. The lowest BCUT2D eigenvalue weighted by molar-refractivity contribution is 0.0621. The van der Waals surface area contributed by atoms with Gasteiger partial charge in [0, 0.05) is 16.8 Å². The zero-order valence-electron chi connectivity index (χ0n) is 15.7. The maximum atomic E-state index is 12.3. The molecule has 0 amide bonds. The molecule has 2 aromatic rings. The number of ether oxygens (including phenoxy) is 2. The number of hydrogen-bond donors (Lipinski definition) is 1. The molecule has 0 saturated carbocycles. The quantitative estimate of drug-likeness (QED) is 0.724. The normalized spacial score (nSPS) is 21.4. The summed E-state index contributed by atoms with van der Waals surface area (Å²) >= 11 is 6.39. The van der Waals surface area contributed by atoms with Crippen LogP contribution in [0.2, 0.25) is 5.02 Å². The first-order chi connectivity index (χ1) is 13.5. The van der Waals surface area contributed by atoms with E-state index >= 15 is 0 Å². The van der Waals surface area contributed by atoms with Crippen molar-refractivity contribution < 1.29 is 14.3 Å². The van der Waals surface area contributed by atoms with Crippen molar-refractivity contribution in [3.63, 3.8) is 0 Å². The van der Waals surface area contributed by atoms with Crippen LogP contribution in [0.25, 0.3) is 0 Å². The van der Waals surface area contributed by atoms with Gasteiger partial charge in [-0.05, 0) is 31.0 Å². The number of nitriles is 1. The van der Waals surface area contributed by atoms with Crippen LogP contribution in [0.3, 0.4) is 0 Å². The van der Waals surface area contributed by atoms with Crippen LogP contribution in [0.4, 0.5) is 4.79 Å². The number of allylic oxidation sites excluding steroid dienone is 2. The van der Waals surface area contributed by atoms with Gasteiger partial charge in [-0.25, -0.2) is 4.79 Å². The largest absolute Gasteiger partial charge is 0.513 e. The molecular weight excluding hydrogens is 376 g/mol. The molecule has 5 nitrogen and oxygen atoms in total. The maximum absolute atomic E-state index is 12.3. The Morgan fingerprint density at radius 2 is 1.86 bits per heavy atom. The smallest absolute Gasteiger partial charge is 0.429 e. The zero-order valence-corrected chi connectivity index (χ0v) is 16.4. The predicted octanol–water partition coefficient (Wildman–Crippen LogP) is 5.14. The molecule has 144 valence electrons. The van der Waals surface area contributed by atoms with E-state index in [-0.39, 0.29) is 12.6 Å². The number of carbonyl (C=O) groups is 1. The van der Waals surface area contributed by atoms with Crippen LogP contribution in [0, 0.1) is 17.2 Å². The average Bonchev–Trinajstić information content (AvgIpc) is 2.69. The number of rotatable bonds is 4. The van der Waals surface area contributed by atoms with Gasteiger partial charge in [0.2, 0.25) is 0 Å². The van der Waals surface area contributed by atoms with Gasteiger partial charge < -0.3 is 14.8 Å². The summed E-state index contributed by atoms with van der Waals surface area (Å²) in [4.78, 5) is 12.3. The van der Waals surface area contributed by atoms with Gasteiger partial charge >= 0.3 is 6.16 Å². The fraction of sp³-hybridized carbons (Fsp3) is 0.273. The monoisotopic (exact) mass is 396 g/mol. The van der Waals surface area contributed by atoms with Gasteiger partial charge in [0.25, 0.3) is 0 Å². The maximum Gasteiger partial charge on any atom is 0.513 e. The van der Waals surface area contributed by atoms with Crippen LogP contribution >= 0.6 is 11.6 Å². The molecule has 0 aromatic heterocycles. The van der Waals surface area contributed by atoms with Crippen molar-refractivity contribution in [2.45, 2.75) is 32.4 Å². The standard InChI is InChI=1S/C22H21ClN2O3/c1-14-18(12-24)20(17-10-6-7-11-19(17)23)21(15(2)25-14)28-22(26)27-13-16-8-4-3-5-9-16/h3-11,14,18,20,25H,13H2,1-2H3. The van der Waals surface area contributed by atoms with Crippen molar-refractivity contribution in [1.82, 2.24) is 5.32 Å². The molecule has 3 atom stereocenters. The first-order valence-electron chi connectivity index (χ1n) is 9.01. The molecular formula is C22H21ClN2O3. The van der Waals surface area contributed by atoms with E-state index in [2.05, 4.69) is 11.4 Å². The lowest BCUT2D eigenvalue weighted by atomic mass is 9.78. The minimum absolute atomic E-state index is 0.105. The van der Waals surface area contributed by atoms with Gasteiger partial charge in [-0.1, -0.05) is 60.1 Å². The van der Waals surface area contributed by atoms with E-state index in [0.29, 0.717) is 16.5 Å². The third-order valence-corrected chi connectivity index (χ3v) is 5.12. The molecule has 0 aliphatic carbocycles. The number of halogens is 1. The number of carbonyl (C=O) groups excluding carboxylic acids is 1. The Kier molecular flexibility index (Phi) is 6.23. The molecule has 1 N–H and O–H groups in total. The Labute approximate surface area is 169 Å². The Bertz CT molecular complexity index is 921. The summed E-state index contributed by atoms with van der Waals surface area (Å²) in [6.07, 6.45) is -0.816. The Hall–Kier alpha value is -2.97. The summed E-state index contributed by atoms with van der Waals surface area (Å²) in [6.45, 7) is 3.84. The van der Waals surface area contributed by atoms with E-state index in [9.17, 15) is 10.1 Å². The van der Waals surface area contributed by atoms with Crippen molar-refractivity contribution in [2.75, 3.05) is 0 Å². The lowest BCUT2D eigenvalue weighted by Gasteiger charge is -2.36. The van der Waals surface area contributed by atoms with E-state index in [1.54, 1.807) is 6.07 Å². The fourth-order valence-corrected chi connectivity index (χ4v) is 3.66. The van der Waals surface area contributed by atoms with E-state index in [1.807, 2.05) is 62.4 Å². The summed E-state index contributed by atoms with van der Waals surface area (Å²) in [5.74, 6) is -0.574. The molecule has 0 saturated heterocycles. The molecule has 6 heteroatoms. The molecule has 1 aliphatic rings. The van der Waals surface area contributed by atoms with Crippen LogP contribution in [0.1, 0.15) is 30.9 Å². The SMILES string of the molecule is CC1=C(OC(=O)OCc2ccccc2)C(c2ccccc2Cl)C(C#N)C(C)N1. The number of nitrogens with one attached hydrogen (secondary N) is 1. The van der Waals surface area contributed by atoms with Crippen LogP contribution in [0.5, 0.6) is 0 Å². The van der Waals surface area contributed by atoms with Crippen LogP contribution < -0.4 is 5.32 Å². The van der Waals surface area contributed by atoms with Gasteiger partial charge in [0.05, 0.1) is 17.9 Å². The van der Waals surface area contributed by atoms with E-state index in [4.69, 9.17) is 21.1 Å². The average molecular weight is 397 g/mol. The summed E-state index contributed by atoms with van der Waals surface area (Å²) in [5, 5.41) is 13.5. The van der Waals surface area contributed by atoms with Crippen molar-refractivity contribution in [3.8, 4) is 6.07 Å². The third kappa shape index (κ3) is 4.29. The zero-order chi connectivity index (χ0) is 20.1. The second-order valence-corrected chi connectivity index (χ2v) is 7.11. The Morgan fingerprint density at radius 3 is 2.54 bits per heavy atom. The number of hydrogen-bond acceptors (Lipinski definition) is 5. The van der Waals surface area contributed by atoms with Crippen LogP contribution in [-0.4, -0.2) is 12.2 Å². The molecule has 2 aromatic carbocycles. The predicted molar refractivity (Wildman–Crippen MR) is 106 cm³/mol. The second kappa shape index (κ2) is 8.81. The first-order valence-corrected chi connectivity index (χ1v) is 9.39. The van der Waals surface area contributed by atoms with Gasteiger partial charge in [0.1, 0.15) is 12.4 Å². The highest BCUT2D eigenvalue weighted by Crippen LogP contribution is 2.41. The summed E-state index contributed by atoms with van der Waals surface area (Å²) in [7, 11) is 0. The molecule has 3 rings (SSSR count). The molecule has 0 spiro atoms. The highest BCUT2D eigenvalue weighted by Gasteiger charge is 2.39. The van der Waals surface area contributed by atoms with E-state index in [1.165, 1.54) is 0 Å². The highest BCUT2D eigenvalue weighted by molar-refractivity contribution is 6.31. The topological polar surface area (TPSA) is 71.3 Å². The summed E-state index contributed by atoms with van der Waals surface area (Å²) in [5.41, 5.74) is 2.29. The van der Waals surface area contributed by atoms with Crippen molar-refractivity contribution in [2.24, 2.45) is 5.92 Å². The van der Waals surface area contributed by atoms with Crippen molar-refractivity contribution in [1.29, 1.82) is 5.26 Å². The molecule has 3 unspecified atom stereocenters.